The van der Waals surface area contributed by atoms with E-state index in [1.165, 1.54) is 12.3 Å². The van der Waals surface area contributed by atoms with Crippen LogP contribution in [0.5, 0.6) is 11.6 Å². The Labute approximate surface area is 109 Å². The van der Waals surface area contributed by atoms with E-state index in [2.05, 4.69) is 4.98 Å². The van der Waals surface area contributed by atoms with E-state index in [0.717, 1.165) is 5.56 Å². The molecule has 6 nitrogen and oxygen atoms in total. The van der Waals surface area contributed by atoms with E-state index in [1.54, 1.807) is 31.2 Å². The van der Waals surface area contributed by atoms with Gasteiger partial charge in [-0.25, -0.2) is 4.98 Å². The molecule has 0 saturated carbocycles. The van der Waals surface area contributed by atoms with Crippen LogP contribution in [0.4, 0.5) is 5.69 Å². The van der Waals surface area contributed by atoms with Gasteiger partial charge in [0.05, 0.1) is 17.6 Å². The molecule has 98 valence electrons. The molecule has 2 rings (SSSR count). The molecule has 19 heavy (non-hydrogen) atoms. The number of ether oxygens (including phenoxy) is 1. The van der Waals surface area contributed by atoms with Crippen molar-refractivity contribution in [3.63, 3.8) is 0 Å². The van der Waals surface area contributed by atoms with Crippen LogP contribution in [0.2, 0.25) is 0 Å². The molecule has 6 heteroatoms. The summed E-state index contributed by atoms with van der Waals surface area (Å²) >= 11 is 0. The maximum Gasteiger partial charge on any atom is 0.279 e. The second kappa shape index (κ2) is 5.45. The number of hydrogen-bond donors (Lipinski definition) is 1. The molecular formula is C13H12N2O4. The Morgan fingerprint density at radius 1 is 1.37 bits per heavy atom. The molecule has 1 N–H and O–H groups in total. The van der Waals surface area contributed by atoms with Crippen molar-refractivity contribution in [3.8, 4) is 11.6 Å². The predicted molar refractivity (Wildman–Crippen MR) is 68.1 cm³/mol. The summed E-state index contributed by atoms with van der Waals surface area (Å²) in [6.45, 7) is 1.57. The van der Waals surface area contributed by atoms with Gasteiger partial charge in [0.25, 0.3) is 5.69 Å². The Balaban J connectivity index is 2.22. The average Bonchev–Trinajstić information content (AvgIpc) is 2.41. The van der Waals surface area contributed by atoms with Crippen molar-refractivity contribution in [3.05, 3.63) is 57.8 Å². The topological polar surface area (TPSA) is 85.5 Å². The van der Waals surface area contributed by atoms with E-state index in [9.17, 15) is 10.1 Å². The summed E-state index contributed by atoms with van der Waals surface area (Å²) < 4.78 is 5.43. The lowest BCUT2D eigenvalue weighted by Crippen LogP contribution is -1.95. The van der Waals surface area contributed by atoms with Crippen molar-refractivity contribution in [2.24, 2.45) is 0 Å². The third kappa shape index (κ3) is 3.05. The lowest BCUT2D eigenvalue weighted by molar-refractivity contribution is -0.385. The van der Waals surface area contributed by atoms with Crippen LogP contribution in [0.1, 0.15) is 11.1 Å². The SMILES string of the molecule is Cc1cnc(Oc2ccc(CO)cc2)cc1[N+](=O)[O-]. The Morgan fingerprint density at radius 2 is 2.05 bits per heavy atom. The van der Waals surface area contributed by atoms with E-state index in [-0.39, 0.29) is 18.2 Å². The summed E-state index contributed by atoms with van der Waals surface area (Å²) in [6.07, 6.45) is 1.40. The minimum absolute atomic E-state index is 0.0306. The standard InChI is InChI=1S/C13H12N2O4/c1-9-7-14-13(6-12(9)15(17)18)19-11-4-2-10(8-16)3-5-11/h2-7,16H,8H2,1H3. The van der Waals surface area contributed by atoms with Gasteiger partial charge in [-0.2, -0.15) is 0 Å². The zero-order chi connectivity index (χ0) is 13.8. The summed E-state index contributed by atoms with van der Waals surface area (Å²) in [4.78, 5) is 14.3. The lowest BCUT2D eigenvalue weighted by atomic mass is 10.2. The quantitative estimate of drug-likeness (QED) is 0.674. The smallest absolute Gasteiger partial charge is 0.279 e. The van der Waals surface area contributed by atoms with Crippen LogP contribution >= 0.6 is 0 Å². The number of rotatable bonds is 4. The van der Waals surface area contributed by atoms with Gasteiger partial charge < -0.3 is 9.84 Å². The number of aliphatic hydroxyl groups excluding tert-OH is 1. The maximum atomic E-state index is 10.8. The van der Waals surface area contributed by atoms with E-state index in [1.807, 2.05) is 0 Å². The Kier molecular flexibility index (Phi) is 3.72. The number of hydrogen-bond acceptors (Lipinski definition) is 5. The molecule has 0 atom stereocenters. The highest BCUT2D eigenvalue weighted by atomic mass is 16.6. The minimum atomic E-state index is -0.473. The average molecular weight is 260 g/mol. The second-order valence-corrected chi connectivity index (χ2v) is 3.97. The summed E-state index contributed by atoms with van der Waals surface area (Å²) in [5.74, 6) is 0.664. The van der Waals surface area contributed by atoms with Gasteiger partial charge >= 0.3 is 0 Å². The van der Waals surface area contributed by atoms with Crippen LogP contribution in [-0.4, -0.2) is 15.0 Å². The third-order valence-electron chi connectivity index (χ3n) is 2.57. The molecule has 0 spiro atoms. The Bertz CT molecular complexity index is 596. The van der Waals surface area contributed by atoms with Crippen molar-refractivity contribution in [2.75, 3.05) is 0 Å². The summed E-state index contributed by atoms with van der Waals surface area (Å²) in [7, 11) is 0. The van der Waals surface area contributed by atoms with Crippen LogP contribution in [-0.2, 0) is 6.61 Å². The molecule has 0 fully saturated rings. The van der Waals surface area contributed by atoms with Gasteiger partial charge in [0.2, 0.25) is 5.88 Å². The summed E-state index contributed by atoms with van der Waals surface area (Å²) in [6, 6.07) is 8.03. The van der Waals surface area contributed by atoms with Gasteiger partial charge in [-0.05, 0) is 24.6 Å². The number of nitrogens with zero attached hydrogens (tertiary/aromatic N) is 2. The first-order valence-corrected chi connectivity index (χ1v) is 5.59. The highest BCUT2D eigenvalue weighted by Crippen LogP contribution is 2.25. The molecule has 0 aliphatic rings. The largest absolute Gasteiger partial charge is 0.439 e. The van der Waals surface area contributed by atoms with Crippen molar-refractivity contribution >= 4 is 5.69 Å². The van der Waals surface area contributed by atoms with Crippen molar-refractivity contribution in [2.45, 2.75) is 13.5 Å². The van der Waals surface area contributed by atoms with Crippen LogP contribution in [0, 0.1) is 17.0 Å². The first kappa shape index (κ1) is 13.0. The Morgan fingerprint density at radius 3 is 2.63 bits per heavy atom. The van der Waals surface area contributed by atoms with Gasteiger partial charge in [0.1, 0.15) is 5.75 Å². The fourth-order valence-electron chi connectivity index (χ4n) is 1.53. The van der Waals surface area contributed by atoms with E-state index in [4.69, 9.17) is 9.84 Å². The first-order chi connectivity index (χ1) is 9.10. The fraction of sp³-hybridized carbons (Fsp3) is 0.154. The van der Waals surface area contributed by atoms with Crippen molar-refractivity contribution in [1.29, 1.82) is 0 Å². The molecule has 1 aromatic carbocycles. The van der Waals surface area contributed by atoms with Crippen molar-refractivity contribution < 1.29 is 14.8 Å². The number of nitro groups is 1. The molecule has 0 unspecified atom stereocenters. The minimum Gasteiger partial charge on any atom is -0.439 e. The lowest BCUT2D eigenvalue weighted by Gasteiger charge is -2.05. The third-order valence-corrected chi connectivity index (χ3v) is 2.57. The number of aliphatic hydroxyl groups is 1. The first-order valence-electron chi connectivity index (χ1n) is 5.59. The summed E-state index contributed by atoms with van der Waals surface area (Å²) in [5.41, 5.74) is 1.21. The monoisotopic (exact) mass is 260 g/mol. The molecule has 1 aromatic heterocycles. The number of benzene rings is 1. The maximum absolute atomic E-state index is 10.8. The molecular weight excluding hydrogens is 248 g/mol. The molecule has 0 aliphatic carbocycles. The van der Waals surface area contributed by atoms with E-state index in [0.29, 0.717) is 11.3 Å². The molecule has 1 heterocycles. The molecule has 0 radical (unpaired) electrons. The van der Waals surface area contributed by atoms with Gasteiger partial charge in [-0.3, -0.25) is 10.1 Å². The van der Waals surface area contributed by atoms with Crippen LogP contribution in [0.25, 0.3) is 0 Å². The van der Waals surface area contributed by atoms with Crippen molar-refractivity contribution in [1.82, 2.24) is 4.98 Å². The number of pyridine rings is 1. The number of aromatic nitrogens is 1. The fourth-order valence-corrected chi connectivity index (χ4v) is 1.53. The zero-order valence-corrected chi connectivity index (χ0v) is 10.2. The van der Waals surface area contributed by atoms with Crippen LogP contribution in [0.3, 0.4) is 0 Å². The number of aryl methyl sites for hydroxylation is 1. The van der Waals surface area contributed by atoms with Gasteiger partial charge in [0.15, 0.2) is 0 Å². The van der Waals surface area contributed by atoms with E-state index >= 15 is 0 Å². The molecule has 0 bridgehead atoms. The van der Waals surface area contributed by atoms with Crippen LogP contribution in [0.15, 0.2) is 36.5 Å². The molecule has 2 aromatic rings. The molecule has 0 amide bonds. The normalized spacial score (nSPS) is 10.2. The highest BCUT2D eigenvalue weighted by Gasteiger charge is 2.13. The molecule has 0 saturated heterocycles. The Hall–Kier alpha value is -2.47. The zero-order valence-electron chi connectivity index (χ0n) is 10.2. The molecule has 0 aliphatic heterocycles. The van der Waals surface area contributed by atoms with Gasteiger partial charge in [-0.15, -0.1) is 0 Å². The van der Waals surface area contributed by atoms with E-state index < -0.39 is 4.92 Å². The highest BCUT2D eigenvalue weighted by molar-refractivity contribution is 5.42. The van der Waals surface area contributed by atoms with Gasteiger partial charge in [0, 0.05) is 11.8 Å². The second-order valence-electron chi connectivity index (χ2n) is 3.97. The van der Waals surface area contributed by atoms with Gasteiger partial charge in [-0.1, -0.05) is 12.1 Å². The van der Waals surface area contributed by atoms with Crippen LogP contribution < -0.4 is 4.74 Å². The predicted octanol–water partition coefficient (Wildman–Crippen LogP) is 2.58. The summed E-state index contributed by atoms with van der Waals surface area (Å²) in [5, 5.41) is 19.7.